The Morgan fingerprint density at radius 2 is 1.80 bits per heavy atom. The molecule has 0 bridgehead atoms. The Morgan fingerprint density at radius 1 is 1.07 bits per heavy atom. The molecule has 3 aromatic rings. The summed E-state index contributed by atoms with van der Waals surface area (Å²) in [5, 5.41) is 9.80. The van der Waals surface area contributed by atoms with Crippen molar-refractivity contribution in [2.75, 3.05) is 12.4 Å². The standard InChI is InChI=1S/C21H21N3O4S2/c1-14(15-6-4-9-18(13-15)30(22,27)28)24(2)21(26)16-7-3-8-17(12-16)23-20(25)19-10-5-11-29-19/h3-14H,1-2H3,(H,23,25)(H2,22,27,28). The van der Waals surface area contributed by atoms with Gasteiger partial charge in [0.25, 0.3) is 11.8 Å². The quantitative estimate of drug-likeness (QED) is 0.608. The zero-order valence-corrected chi connectivity index (χ0v) is 18.0. The largest absolute Gasteiger partial charge is 0.335 e. The highest BCUT2D eigenvalue weighted by Crippen LogP contribution is 2.24. The molecule has 0 aliphatic heterocycles. The first-order valence-corrected chi connectivity index (χ1v) is 11.4. The number of carbonyl (C=O) groups is 2. The number of primary sulfonamides is 1. The summed E-state index contributed by atoms with van der Waals surface area (Å²) in [5.74, 6) is -0.508. The molecule has 3 N–H and O–H groups in total. The second-order valence-corrected chi connectivity index (χ2v) is 9.23. The van der Waals surface area contributed by atoms with Crippen LogP contribution in [0.1, 0.15) is 38.6 Å². The smallest absolute Gasteiger partial charge is 0.265 e. The molecule has 0 aliphatic carbocycles. The highest BCUT2D eigenvalue weighted by molar-refractivity contribution is 7.89. The summed E-state index contributed by atoms with van der Waals surface area (Å²) in [7, 11) is -2.20. The molecule has 30 heavy (non-hydrogen) atoms. The van der Waals surface area contributed by atoms with E-state index in [9.17, 15) is 18.0 Å². The number of carbonyl (C=O) groups excluding carboxylic acids is 2. The van der Waals surface area contributed by atoms with E-state index < -0.39 is 16.1 Å². The van der Waals surface area contributed by atoms with Crippen molar-refractivity contribution < 1.29 is 18.0 Å². The summed E-state index contributed by atoms with van der Waals surface area (Å²) in [6.07, 6.45) is 0. The van der Waals surface area contributed by atoms with Crippen LogP contribution in [0.15, 0.2) is 70.9 Å². The lowest BCUT2D eigenvalue weighted by atomic mass is 10.1. The Hall–Kier alpha value is -3.01. The van der Waals surface area contributed by atoms with Gasteiger partial charge in [-0.2, -0.15) is 0 Å². The summed E-state index contributed by atoms with van der Waals surface area (Å²) in [4.78, 5) is 27.3. The van der Waals surface area contributed by atoms with Crippen LogP contribution < -0.4 is 10.5 Å². The number of anilines is 1. The summed E-state index contributed by atoms with van der Waals surface area (Å²) < 4.78 is 23.2. The van der Waals surface area contributed by atoms with Gasteiger partial charge in [0.15, 0.2) is 0 Å². The fraction of sp³-hybridized carbons (Fsp3) is 0.143. The number of nitrogens with two attached hydrogens (primary N) is 1. The molecule has 156 valence electrons. The molecule has 0 saturated heterocycles. The fourth-order valence-electron chi connectivity index (χ4n) is 2.88. The average molecular weight is 444 g/mol. The monoisotopic (exact) mass is 443 g/mol. The maximum Gasteiger partial charge on any atom is 0.265 e. The molecule has 0 saturated carbocycles. The van der Waals surface area contributed by atoms with Gasteiger partial charge in [0.2, 0.25) is 10.0 Å². The van der Waals surface area contributed by atoms with E-state index in [4.69, 9.17) is 5.14 Å². The van der Waals surface area contributed by atoms with Crippen LogP contribution in [0.4, 0.5) is 5.69 Å². The van der Waals surface area contributed by atoms with Crippen LogP contribution in [-0.2, 0) is 10.0 Å². The number of hydrogen-bond acceptors (Lipinski definition) is 5. The number of sulfonamides is 1. The van der Waals surface area contributed by atoms with Crippen LogP contribution >= 0.6 is 11.3 Å². The molecule has 1 aromatic heterocycles. The van der Waals surface area contributed by atoms with Crippen molar-refractivity contribution in [3.63, 3.8) is 0 Å². The van der Waals surface area contributed by atoms with Gasteiger partial charge < -0.3 is 10.2 Å². The third-order valence-corrected chi connectivity index (χ3v) is 6.46. The van der Waals surface area contributed by atoms with Crippen molar-refractivity contribution in [3.8, 4) is 0 Å². The first kappa shape index (κ1) is 21.7. The van der Waals surface area contributed by atoms with Crippen molar-refractivity contribution in [3.05, 3.63) is 82.0 Å². The average Bonchev–Trinajstić information content (AvgIpc) is 3.27. The lowest BCUT2D eigenvalue weighted by Gasteiger charge is -2.26. The fourth-order valence-corrected chi connectivity index (χ4v) is 4.07. The Labute approximate surface area is 179 Å². The van der Waals surface area contributed by atoms with Crippen LogP contribution in [0.2, 0.25) is 0 Å². The molecule has 2 amide bonds. The molecular weight excluding hydrogens is 422 g/mol. The van der Waals surface area contributed by atoms with Crippen molar-refractivity contribution >= 4 is 38.9 Å². The Kier molecular flexibility index (Phi) is 6.35. The second-order valence-electron chi connectivity index (χ2n) is 6.72. The molecule has 0 aliphatic rings. The second kappa shape index (κ2) is 8.78. The van der Waals surface area contributed by atoms with E-state index in [1.54, 1.807) is 62.5 Å². The molecule has 3 rings (SSSR count). The summed E-state index contributed by atoms with van der Waals surface area (Å²) >= 11 is 1.33. The minimum Gasteiger partial charge on any atom is -0.335 e. The lowest BCUT2D eigenvalue weighted by molar-refractivity contribution is 0.0742. The molecule has 1 heterocycles. The number of thiophene rings is 1. The maximum atomic E-state index is 13.0. The Balaban J connectivity index is 1.78. The van der Waals surface area contributed by atoms with Crippen LogP contribution in [0.25, 0.3) is 0 Å². The zero-order chi connectivity index (χ0) is 21.9. The van der Waals surface area contributed by atoms with Gasteiger partial charge in [-0.15, -0.1) is 11.3 Å². The zero-order valence-electron chi connectivity index (χ0n) is 16.4. The van der Waals surface area contributed by atoms with Crippen LogP contribution in [0, 0.1) is 0 Å². The number of amides is 2. The van der Waals surface area contributed by atoms with Gasteiger partial charge >= 0.3 is 0 Å². The molecule has 1 atom stereocenters. The van der Waals surface area contributed by atoms with Crippen molar-refractivity contribution in [2.24, 2.45) is 5.14 Å². The number of nitrogens with zero attached hydrogens (tertiary/aromatic N) is 1. The van der Waals surface area contributed by atoms with E-state index in [2.05, 4.69) is 5.32 Å². The van der Waals surface area contributed by atoms with Gasteiger partial charge in [-0.05, 0) is 54.3 Å². The van der Waals surface area contributed by atoms with Gasteiger partial charge in [0.1, 0.15) is 0 Å². The van der Waals surface area contributed by atoms with E-state index in [0.717, 1.165) is 0 Å². The number of rotatable bonds is 6. The molecule has 1 unspecified atom stereocenters. The highest BCUT2D eigenvalue weighted by atomic mass is 32.2. The normalized spacial score (nSPS) is 12.2. The van der Waals surface area contributed by atoms with E-state index in [1.165, 1.54) is 28.4 Å². The topological polar surface area (TPSA) is 110 Å². The van der Waals surface area contributed by atoms with Crippen molar-refractivity contribution in [1.29, 1.82) is 0 Å². The Bertz CT molecular complexity index is 1170. The van der Waals surface area contributed by atoms with Crippen LogP contribution in [-0.4, -0.2) is 32.2 Å². The summed E-state index contributed by atoms with van der Waals surface area (Å²) in [6.45, 7) is 1.79. The minimum absolute atomic E-state index is 0.00835. The maximum absolute atomic E-state index is 13.0. The van der Waals surface area contributed by atoms with Crippen molar-refractivity contribution in [2.45, 2.75) is 17.9 Å². The third kappa shape index (κ3) is 4.93. The number of benzene rings is 2. The molecule has 7 nitrogen and oxygen atoms in total. The number of nitrogens with one attached hydrogen (secondary N) is 1. The van der Waals surface area contributed by atoms with E-state index in [1.807, 2.05) is 5.38 Å². The van der Waals surface area contributed by atoms with E-state index >= 15 is 0 Å². The third-order valence-electron chi connectivity index (χ3n) is 4.68. The summed E-state index contributed by atoms with van der Waals surface area (Å²) in [6, 6.07) is 16.0. The van der Waals surface area contributed by atoms with Crippen molar-refractivity contribution in [1.82, 2.24) is 4.90 Å². The summed E-state index contributed by atoms with van der Waals surface area (Å²) in [5.41, 5.74) is 1.55. The molecular formula is C21H21N3O4S2. The highest BCUT2D eigenvalue weighted by Gasteiger charge is 2.21. The van der Waals surface area contributed by atoms with E-state index in [-0.39, 0.29) is 16.7 Å². The van der Waals surface area contributed by atoms with Gasteiger partial charge in [-0.1, -0.05) is 24.3 Å². The predicted octanol–water partition coefficient (Wildman–Crippen LogP) is 3.48. The van der Waals surface area contributed by atoms with Crippen LogP contribution in [0.5, 0.6) is 0 Å². The van der Waals surface area contributed by atoms with Gasteiger partial charge in [-0.25, -0.2) is 13.6 Å². The molecule has 0 spiro atoms. The van der Waals surface area contributed by atoms with Gasteiger partial charge in [-0.3, -0.25) is 9.59 Å². The van der Waals surface area contributed by atoms with Gasteiger partial charge in [0, 0.05) is 18.3 Å². The SMILES string of the molecule is CC(c1cccc(S(N)(=O)=O)c1)N(C)C(=O)c1cccc(NC(=O)c2cccs2)c1. The molecule has 0 fully saturated rings. The Morgan fingerprint density at radius 3 is 2.47 bits per heavy atom. The van der Waals surface area contributed by atoms with Crippen LogP contribution in [0.3, 0.4) is 0 Å². The predicted molar refractivity (Wildman–Crippen MR) is 117 cm³/mol. The number of hydrogen-bond donors (Lipinski definition) is 2. The molecule has 9 heteroatoms. The minimum atomic E-state index is -3.84. The molecule has 2 aromatic carbocycles. The van der Waals surface area contributed by atoms with Gasteiger partial charge in [0.05, 0.1) is 15.8 Å². The first-order valence-electron chi connectivity index (χ1n) is 9.01. The van der Waals surface area contributed by atoms with E-state index in [0.29, 0.717) is 21.7 Å². The molecule has 0 radical (unpaired) electrons. The lowest BCUT2D eigenvalue weighted by Crippen LogP contribution is -2.30. The first-order chi connectivity index (χ1) is 14.2.